The van der Waals surface area contributed by atoms with Crippen molar-refractivity contribution in [2.24, 2.45) is 7.05 Å². The molecule has 0 fully saturated rings. The molecule has 2 N–H and O–H groups in total. The monoisotopic (exact) mass is 262 g/mol. The number of hydrogen-bond acceptors (Lipinski definition) is 2. The predicted octanol–water partition coefficient (Wildman–Crippen LogP) is 1.92. The highest BCUT2D eigenvalue weighted by Gasteiger charge is 2.04. The van der Waals surface area contributed by atoms with Crippen LogP contribution in [-0.4, -0.2) is 22.4 Å². The number of aryl methyl sites for hydroxylation is 1. The molecule has 100 valence electrons. The van der Waals surface area contributed by atoms with Gasteiger partial charge in [0.1, 0.15) is 11.6 Å². The van der Waals surface area contributed by atoms with Crippen molar-refractivity contribution in [1.82, 2.24) is 15.1 Å². The average Bonchev–Trinajstić information content (AvgIpc) is 2.78. The van der Waals surface area contributed by atoms with Gasteiger partial charge in [-0.25, -0.2) is 9.18 Å². The molecule has 2 rings (SSSR count). The lowest BCUT2D eigenvalue weighted by Crippen LogP contribution is -2.31. The van der Waals surface area contributed by atoms with E-state index < -0.39 is 0 Å². The molecule has 0 atom stereocenters. The smallest absolute Gasteiger partial charge is 0.320 e. The standard InChI is InChI=1S/C13H15FN4O/c1-18-12(7-9-16-18)17-13(19)15-8-6-10-2-4-11(14)5-3-10/h2-5,7,9H,6,8H2,1H3,(H2,15,17,19). The summed E-state index contributed by atoms with van der Waals surface area (Å²) >= 11 is 0. The van der Waals surface area contributed by atoms with Crippen LogP contribution in [0, 0.1) is 5.82 Å². The minimum atomic E-state index is -0.286. The number of nitrogens with zero attached hydrogens (tertiary/aromatic N) is 2. The fourth-order valence-corrected chi connectivity index (χ4v) is 1.63. The maximum absolute atomic E-state index is 12.7. The molecular formula is C13H15FN4O. The highest BCUT2D eigenvalue weighted by molar-refractivity contribution is 5.88. The van der Waals surface area contributed by atoms with Crippen LogP contribution in [0.1, 0.15) is 5.56 Å². The molecule has 0 unspecified atom stereocenters. The lowest BCUT2D eigenvalue weighted by Gasteiger charge is -2.07. The van der Waals surface area contributed by atoms with Crippen molar-refractivity contribution in [2.45, 2.75) is 6.42 Å². The molecule has 6 heteroatoms. The number of rotatable bonds is 4. The molecule has 1 aromatic carbocycles. The van der Waals surface area contributed by atoms with Crippen molar-refractivity contribution < 1.29 is 9.18 Å². The van der Waals surface area contributed by atoms with E-state index >= 15 is 0 Å². The molecule has 2 aromatic rings. The fourth-order valence-electron chi connectivity index (χ4n) is 1.63. The number of aromatic nitrogens is 2. The molecule has 0 radical (unpaired) electrons. The summed E-state index contributed by atoms with van der Waals surface area (Å²) in [5, 5.41) is 9.35. The zero-order chi connectivity index (χ0) is 13.7. The molecule has 5 nitrogen and oxygen atoms in total. The molecule has 0 aliphatic rings. The summed E-state index contributed by atoms with van der Waals surface area (Å²) in [5.74, 6) is 0.366. The van der Waals surface area contributed by atoms with Crippen LogP contribution in [0.5, 0.6) is 0 Å². The predicted molar refractivity (Wildman–Crippen MR) is 70.3 cm³/mol. The molecule has 0 aliphatic carbocycles. The van der Waals surface area contributed by atoms with Gasteiger partial charge in [-0.05, 0) is 24.1 Å². The minimum Gasteiger partial charge on any atom is -0.337 e. The summed E-state index contributed by atoms with van der Waals surface area (Å²) in [6.07, 6.45) is 2.26. The first-order valence-electron chi connectivity index (χ1n) is 5.92. The van der Waals surface area contributed by atoms with Gasteiger partial charge in [-0.15, -0.1) is 0 Å². The van der Waals surface area contributed by atoms with E-state index in [0.717, 1.165) is 5.56 Å². The van der Waals surface area contributed by atoms with E-state index in [4.69, 9.17) is 0 Å². The van der Waals surface area contributed by atoms with Crippen molar-refractivity contribution in [2.75, 3.05) is 11.9 Å². The van der Waals surface area contributed by atoms with Crippen molar-refractivity contribution in [3.63, 3.8) is 0 Å². The zero-order valence-electron chi connectivity index (χ0n) is 10.6. The van der Waals surface area contributed by atoms with Crippen LogP contribution in [0.2, 0.25) is 0 Å². The maximum atomic E-state index is 12.7. The first kappa shape index (κ1) is 13.1. The largest absolute Gasteiger partial charge is 0.337 e. The van der Waals surface area contributed by atoms with Crippen LogP contribution in [0.3, 0.4) is 0 Å². The topological polar surface area (TPSA) is 59.0 Å². The van der Waals surface area contributed by atoms with Gasteiger partial charge in [-0.2, -0.15) is 5.10 Å². The second-order valence-electron chi connectivity index (χ2n) is 4.10. The van der Waals surface area contributed by atoms with Crippen LogP contribution in [0.25, 0.3) is 0 Å². The van der Waals surface area contributed by atoms with E-state index in [9.17, 15) is 9.18 Å². The number of amides is 2. The Bertz CT molecular complexity index is 550. The van der Waals surface area contributed by atoms with Crippen LogP contribution in [0.15, 0.2) is 36.5 Å². The quantitative estimate of drug-likeness (QED) is 0.884. The van der Waals surface area contributed by atoms with E-state index in [0.29, 0.717) is 18.8 Å². The molecular weight excluding hydrogens is 247 g/mol. The Kier molecular flexibility index (Phi) is 4.12. The summed E-state index contributed by atoms with van der Waals surface area (Å²) in [7, 11) is 1.74. The molecule has 1 aromatic heterocycles. The van der Waals surface area contributed by atoms with Crippen LogP contribution in [0.4, 0.5) is 15.0 Å². The first-order chi connectivity index (χ1) is 9.15. The van der Waals surface area contributed by atoms with Gasteiger partial charge in [-0.3, -0.25) is 10.00 Å². The second kappa shape index (κ2) is 5.99. The van der Waals surface area contributed by atoms with Crippen molar-refractivity contribution in [3.05, 3.63) is 47.9 Å². The number of halogens is 1. The second-order valence-corrected chi connectivity index (χ2v) is 4.10. The number of benzene rings is 1. The molecule has 0 saturated heterocycles. The van der Waals surface area contributed by atoms with Crippen LogP contribution in [-0.2, 0) is 13.5 Å². The third-order valence-corrected chi connectivity index (χ3v) is 2.68. The molecule has 0 aliphatic heterocycles. The number of hydrogen-bond donors (Lipinski definition) is 2. The van der Waals surface area contributed by atoms with Gasteiger partial charge in [0.25, 0.3) is 0 Å². The van der Waals surface area contributed by atoms with Gasteiger partial charge in [0.15, 0.2) is 0 Å². The molecule has 1 heterocycles. The lowest BCUT2D eigenvalue weighted by atomic mass is 10.1. The normalized spacial score (nSPS) is 10.2. The van der Waals surface area contributed by atoms with Gasteiger partial charge in [0.2, 0.25) is 0 Å². The van der Waals surface area contributed by atoms with Crippen molar-refractivity contribution in [1.29, 1.82) is 0 Å². The number of urea groups is 1. The zero-order valence-corrected chi connectivity index (χ0v) is 10.6. The SMILES string of the molecule is Cn1nccc1NC(=O)NCCc1ccc(F)cc1. The molecule has 0 spiro atoms. The molecule has 0 saturated carbocycles. The summed E-state index contributed by atoms with van der Waals surface area (Å²) in [6.45, 7) is 0.481. The van der Waals surface area contributed by atoms with Crippen LogP contribution >= 0.6 is 0 Å². The number of nitrogens with one attached hydrogen (secondary N) is 2. The number of carbonyl (C=O) groups is 1. The Labute approximate surface area is 110 Å². The number of carbonyl (C=O) groups excluding carboxylic acids is 1. The van der Waals surface area contributed by atoms with E-state index in [-0.39, 0.29) is 11.8 Å². The van der Waals surface area contributed by atoms with E-state index in [1.807, 2.05) is 0 Å². The minimum absolute atomic E-state index is 0.259. The Morgan fingerprint density at radius 1 is 1.32 bits per heavy atom. The highest BCUT2D eigenvalue weighted by atomic mass is 19.1. The lowest BCUT2D eigenvalue weighted by molar-refractivity contribution is 0.252. The van der Waals surface area contributed by atoms with Crippen molar-refractivity contribution in [3.8, 4) is 0 Å². The maximum Gasteiger partial charge on any atom is 0.320 e. The van der Waals surface area contributed by atoms with Crippen LogP contribution < -0.4 is 10.6 Å². The molecule has 2 amide bonds. The molecule has 0 bridgehead atoms. The van der Waals surface area contributed by atoms with E-state index in [1.54, 1.807) is 36.1 Å². The Morgan fingerprint density at radius 2 is 2.05 bits per heavy atom. The van der Waals surface area contributed by atoms with Gasteiger partial charge >= 0.3 is 6.03 Å². The Morgan fingerprint density at radius 3 is 2.68 bits per heavy atom. The van der Waals surface area contributed by atoms with Crippen molar-refractivity contribution >= 4 is 11.8 Å². The summed E-state index contributed by atoms with van der Waals surface area (Å²) in [5.41, 5.74) is 0.974. The number of anilines is 1. The average molecular weight is 262 g/mol. The van der Waals surface area contributed by atoms with Gasteiger partial charge in [0.05, 0.1) is 6.20 Å². The summed E-state index contributed by atoms with van der Waals surface area (Å²) in [4.78, 5) is 11.6. The third kappa shape index (κ3) is 3.80. The first-order valence-corrected chi connectivity index (χ1v) is 5.92. The molecule has 19 heavy (non-hydrogen) atoms. The van der Waals surface area contributed by atoms with Gasteiger partial charge < -0.3 is 5.32 Å². The Hall–Kier alpha value is -2.37. The van der Waals surface area contributed by atoms with Gasteiger partial charge in [0, 0.05) is 19.7 Å². The Balaban J connectivity index is 1.75. The summed E-state index contributed by atoms with van der Waals surface area (Å²) < 4.78 is 14.3. The summed E-state index contributed by atoms with van der Waals surface area (Å²) in [6, 6.07) is 7.65. The van der Waals surface area contributed by atoms with E-state index in [1.165, 1.54) is 12.1 Å². The highest BCUT2D eigenvalue weighted by Crippen LogP contribution is 2.04. The van der Waals surface area contributed by atoms with E-state index in [2.05, 4.69) is 15.7 Å². The fraction of sp³-hybridized carbons (Fsp3) is 0.231. The third-order valence-electron chi connectivity index (χ3n) is 2.68. The van der Waals surface area contributed by atoms with Gasteiger partial charge in [-0.1, -0.05) is 12.1 Å².